The molecule has 10 aromatic rings. The molecule has 3 aromatic heterocycles. The van der Waals surface area contributed by atoms with E-state index in [1.165, 1.54) is 77.5 Å². The molecule has 5 nitrogen and oxygen atoms in total. The third-order valence-electron chi connectivity index (χ3n) is 12.2. The third kappa shape index (κ3) is 5.06. The van der Waals surface area contributed by atoms with Gasteiger partial charge in [-0.2, -0.15) is 0 Å². The van der Waals surface area contributed by atoms with E-state index in [-0.39, 0.29) is 12.3 Å². The summed E-state index contributed by atoms with van der Waals surface area (Å²) in [6.07, 6.45) is 4.13. The summed E-state index contributed by atoms with van der Waals surface area (Å²) in [6, 6.07) is 63.2. The molecule has 0 radical (unpaired) electrons. The molecule has 0 bridgehead atoms. The minimum absolute atomic E-state index is 0.134. The molecule has 2 atom stereocenters. The first kappa shape index (κ1) is 32.2. The Labute approximate surface area is 330 Å². The Morgan fingerprint density at radius 3 is 2.00 bits per heavy atom. The first-order chi connectivity index (χ1) is 28.3. The van der Waals surface area contributed by atoms with E-state index in [2.05, 4.69) is 196 Å². The van der Waals surface area contributed by atoms with Gasteiger partial charge in [-0.3, -0.25) is 5.32 Å². The number of furan rings is 1. The molecule has 7 aromatic carbocycles. The van der Waals surface area contributed by atoms with Gasteiger partial charge >= 0.3 is 0 Å². The van der Waals surface area contributed by atoms with Gasteiger partial charge in [-0.05, 0) is 89.2 Å². The van der Waals surface area contributed by atoms with Crippen molar-refractivity contribution in [2.45, 2.75) is 25.2 Å². The van der Waals surface area contributed by atoms with E-state index >= 15 is 0 Å². The molecule has 2 aliphatic rings. The maximum absolute atomic E-state index is 6.57. The average molecular weight is 735 g/mol. The highest BCUT2D eigenvalue weighted by Gasteiger charge is 2.34. The van der Waals surface area contributed by atoms with Crippen molar-refractivity contribution in [2.24, 2.45) is 0 Å². The zero-order valence-corrected chi connectivity index (χ0v) is 31.2. The van der Waals surface area contributed by atoms with Gasteiger partial charge < -0.3 is 18.9 Å². The predicted molar refractivity (Wildman–Crippen MR) is 235 cm³/mol. The fraction of sp³-hybridized carbons (Fsp3) is 0.0769. The highest BCUT2D eigenvalue weighted by molar-refractivity contribution is 6.09. The van der Waals surface area contributed by atoms with Crippen molar-refractivity contribution in [3.05, 3.63) is 204 Å². The van der Waals surface area contributed by atoms with E-state index < -0.39 is 0 Å². The molecular formula is C52H38N4O. The van der Waals surface area contributed by atoms with E-state index in [1.54, 1.807) is 0 Å². The molecule has 0 amide bonds. The van der Waals surface area contributed by atoms with E-state index in [1.807, 2.05) is 6.07 Å². The van der Waals surface area contributed by atoms with E-state index in [9.17, 15) is 0 Å². The Balaban J connectivity index is 0.986. The summed E-state index contributed by atoms with van der Waals surface area (Å²) in [7, 11) is 0. The lowest BCUT2D eigenvalue weighted by atomic mass is 9.91. The molecule has 12 rings (SSSR count). The van der Waals surface area contributed by atoms with Crippen LogP contribution < -0.4 is 10.6 Å². The molecule has 272 valence electrons. The van der Waals surface area contributed by atoms with Crippen LogP contribution >= 0.6 is 0 Å². The lowest BCUT2D eigenvalue weighted by molar-refractivity contribution is 0.371. The average Bonchev–Trinajstić information content (AvgIpc) is 3.94. The Kier molecular flexibility index (Phi) is 7.19. The number of hydrogen-bond acceptors (Lipinski definition) is 3. The van der Waals surface area contributed by atoms with Gasteiger partial charge in [-0.25, -0.2) is 0 Å². The zero-order valence-electron chi connectivity index (χ0n) is 31.2. The first-order valence-corrected chi connectivity index (χ1v) is 19.9. The van der Waals surface area contributed by atoms with Crippen molar-refractivity contribution in [1.82, 2.24) is 14.5 Å². The maximum atomic E-state index is 6.57. The molecule has 2 unspecified atom stereocenters. The minimum atomic E-state index is -0.237. The molecule has 1 aliphatic carbocycles. The number of benzene rings is 7. The van der Waals surface area contributed by atoms with Gasteiger partial charge in [0.15, 0.2) is 6.29 Å². The van der Waals surface area contributed by atoms with Gasteiger partial charge in [0.25, 0.3) is 0 Å². The molecule has 0 saturated carbocycles. The number of nitrogens with one attached hydrogen (secondary N) is 2. The number of aromatic nitrogens is 2. The van der Waals surface area contributed by atoms with Crippen LogP contribution in [-0.4, -0.2) is 9.13 Å². The van der Waals surface area contributed by atoms with Crippen LogP contribution in [0.4, 0.5) is 5.69 Å². The van der Waals surface area contributed by atoms with Crippen molar-refractivity contribution >= 4 is 61.0 Å². The van der Waals surface area contributed by atoms with Gasteiger partial charge in [-0.15, -0.1) is 0 Å². The summed E-state index contributed by atoms with van der Waals surface area (Å²) in [5.41, 5.74) is 15.7. The topological polar surface area (TPSA) is 47.1 Å². The number of nitrogens with zero attached hydrogens (tertiary/aromatic N) is 2. The van der Waals surface area contributed by atoms with Gasteiger partial charge in [0, 0.05) is 38.5 Å². The lowest BCUT2D eigenvalue weighted by Crippen LogP contribution is -2.40. The normalized spacial score (nSPS) is 16.5. The summed E-state index contributed by atoms with van der Waals surface area (Å²) < 4.78 is 11.5. The Hall–Kier alpha value is -7.08. The molecular weight excluding hydrogens is 697 g/mol. The summed E-state index contributed by atoms with van der Waals surface area (Å²) in [4.78, 5) is 0. The summed E-state index contributed by atoms with van der Waals surface area (Å²) in [5, 5.41) is 12.8. The minimum Gasteiger partial charge on any atom is -0.457 e. The fourth-order valence-corrected chi connectivity index (χ4v) is 9.52. The second kappa shape index (κ2) is 12.7. The highest BCUT2D eigenvalue weighted by Crippen LogP contribution is 2.45. The van der Waals surface area contributed by atoms with E-state index in [4.69, 9.17) is 4.42 Å². The van der Waals surface area contributed by atoms with E-state index in [0.29, 0.717) is 0 Å². The number of allylic oxidation sites excluding steroid dienone is 1. The molecule has 0 spiro atoms. The SMILES string of the molecule is C1=C(c2ccc3c4ccccc4n(C4Nc5c(oc6ccccc56)C(c5ccccc5)N4)c3c2)CCc2c1c1ccccc1n2-c1ccc(-c2ccccc2)cc1. The Bertz CT molecular complexity index is 3180. The standard InChI is InChI=1S/C52H38N4O/c1-3-13-33(14-4-1)34-23-27-38(28-24-34)55-44-20-10-8-18-40(44)43-31-36(26-30-46(43)55)37-25-29-41-39-17-7-11-21-45(39)56(47(41)32-37)52-53-49(35-15-5-2-6-16-35)51-50(54-52)42-19-9-12-22-48(42)57-51/h1-25,27-29,31-32,49,52-54H,26,30H2. The van der Waals surface area contributed by atoms with E-state index in [0.717, 1.165) is 35.3 Å². The molecule has 0 saturated heterocycles. The van der Waals surface area contributed by atoms with Crippen molar-refractivity contribution in [1.29, 1.82) is 0 Å². The number of rotatable bonds is 5. The van der Waals surface area contributed by atoms with Crippen molar-refractivity contribution < 1.29 is 4.42 Å². The number of anilines is 1. The molecule has 57 heavy (non-hydrogen) atoms. The van der Waals surface area contributed by atoms with Gasteiger partial charge in [0.1, 0.15) is 11.3 Å². The van der Waals surface area contributed by atoms with Crippen LogP contribution in [0.2, 0.25) is 0 Å². The highest BCUT2D eigenvalue weighted by atomic mass is 16.3. The van der Waals surface area contributed by atoms with Crippen LogP contribution in [0.15, 0.2) is 180 Å². The zero-order chi connectivity index (χ0) is 37.5. The fourth-order valence-electron chi connectivity index (χ4n) is 9.52. The lowest BCUT2D eigenvalue weighted by Gasteiger charge is -2.34. The quantitative estimate of drug-likeness (QED) is 0.185. The van der Waals surface area contributed by atoms with Crippen LogP contribution in [0.5, 0.6) is 0 Å². The second-order valence-electron chi connectivity index (χ2n) is 15.3. The van der Waals surface area contributed by atoms with Gasteiger partial charge in [0.05, 0.1) is 28.3 Å². The van der Waals surface area contributed by atoms with Crippen LogP contribution in [0.1, 0.15) is 46.9 Å². The van der Waals surface area contributed by atoms with Crippen LogP contribution in [-0.2, 0) is 6.42 Å². The third-order valence-corrected chi connectivity index (χ3v) is 12.2. The molecule has 0 fully saturated rings. The number of fused-ring (bicyclic) bond motifs is 9. The molecule has 5 heteroatoms. The maximum Gasteiger partial charge on any atom is 0.160 e. The smallest absolute Gasteiger partial charge is 0.160 e. The second-order valence-corrected chi connectivity index (χ2v) is 15.3. The Morgan fingerprint density at radius 2 is 1.18 bits per heavy atom. The molecule has 2 N–H and O–H groups in total. The molecule has 1 aliphatic heterocycles. The monoisotopic (exact) mass is 734 g/mol. The van der Waals surface area contributed by atoms with Crippen molar-refractivity contribution in [3.8, 4) is 16.8 Å². The largest absolute Gasteiger partial charge is 0.457 e. The Morgan fingerprint density at radius 1 is 0.526 bits per heavy atom. The van der Waals surface area contributed by atoms with Gasteiger partial charge in [-0.1, -0.05) is 133 Å². The predicted octanol–water partition coefficient (Wildman–Crippen LogP) is 12.9. The van der Waals surface area contributed by atoms with Crippen molar-refractivity contribution in [2.75, 3.05) is 5.32 Å². The summed E-state index contributed by atoms with van der Waals surface area (Å²) in [5.74, 6) is 0.912. The number of para-hydroxylation sites is 3. The molecule has 4 heterocycles. The van der Waals surface area contributed by atoms with Crippen LogP contribution in [0.3, 0.4) is 0 Å². The first-order valence-electron chi connectivity index (χ1n) is 19.9. The summed E-state index contributed by atoms with van der Waals surface area (Å²) >= 11 is 0. The van der Waals surface area contributed by atoms with Gasteiger partial charge in [0.2, 0.25) is 0 Å². The van der Waals surface area contributed by atoms with Crippen LogP contribution in [0.25, 0.3) is 72.1 Å². The number of hydrogen-bond donors (Lipinski definition) is 2. The van der Waals surface area contributed by atoms with Crippen molar-refractivity contribution in [3.63, 3.8) is 0 Å². The van der Waals surface area contributed by atoms with Crippen LogP contribution in [0, 0.1) is 0 Å². The summed E-state index contributed by atoms with van der Waals surface area (Å²) in [6.45, 7) is 0.